The van der Waals surface area contributed by atoms with E-state index in [1.54, 1.807) is 14.2 Å². The van der Waals surface area contributed by atoms with Crippen LogP contribution in [-0.4, -0.2) is 24.3 Å². The molecule has 0 saturated carbocycles. The van der Waals surface area contributed by atoms with E-state index in [9.17, 15) is 0 Å². The van der Waals surface area contributed by atoms with E-state index in [1.807, 2.05) is 18.2 Å². The zero-order valence-electron chi connectivity index (χ0n) is 9.56. The summed E-state index contributed by atoms with van der Waals surface area (Å²) in [5, 5.41) is 1.89. The van der Waals surface area contributed by atoms with Crippen LogP contribution < -0.4 is 26.2 Å². The predicted molar refractivity (Wildman–Crippen MR) is 67.2 cm³/mol. The van der Waals surface area contributed by atoms with E-state index < -0.39 is 0 Å². The molecule has 1 aromatic carbocycles. The van der Waals surface area contributed by atoms with Crippen molar-refractivity contribution in [2.24, 2.45) is 5.84 Å². The number of hydrogen-bond acceptors (Lipinski definition) is 5. The summed E-state index contributed by atoms with van der Waals surface area (Å²) in [6, 6.07) is 5.57. The van der Waals surface area contributed by atoms with Crippen LogP contribution >= 0.6 is 12.2 Å². The molecule has 0 radical (unpaired) electrons. The lowest BCUT2D eigenvalue weighted by atomic mass is 10.1. The molecule has 1 unspecified atom stereocenters. The van der Waals surface area contributed by atoms with Crippen molar-refractivity contribution >= 4 is 17.3 Å². The molecule has 1 atom stereocenters. The second-order valence-electron chi connectivity index (χ2n) is 3.50. The fourth-order valence-corrected chi connectivity index (χ4v) is 1.81. The van der Waals surface area contributed by atoms with Crippen molar-refractivity contribution in [3.63, 3.8) is 0 Å². The minimum Gasteiger partial charge on any atom is -0.493 e. The number of hydrogen-bond donors (Lipinski definition) is 3. The first-order chi connectivity index (χ1) is 8.17. The van der Waals surface area contributed by atoms with E-state index in [-0.39, 0.29) is 6.17 Å². The summed E-state index contributed by atoms with van der Waals surface area (Å²) in [6.07, 6.45) is -0.220. The zero-order chi connectivity index (χ0) is 12.4. The minimum atomic E-state index is -0.220. The Kier molecular flexibility index (Phi) is 3.32. The monoisotopic (exact) mass is 254 g/mol. The number of ether oxygens (including phenoxy) is 2. The standard InChI is InChI=1S/C10H14N4O2S/c1-15-7-4-3-6(5-8(7)16-2)9-12-13-10(17)14(9)11/h3-5,9,12H,11H2,1-2H3,(H,13,17). The van der Waals surface area contributed by atoms with Crippen molar-refractivity contribution < 1.29 is 9.47 Å². The van der Waals surface area contributed by atoms with Gasteiger partial charge >= 0.3 is 0 Å². The van der Waals surface area contributed by atoms with Crippen LogP contribution in [0.5, 0.6) is 11.5 Å². The van der Waals surface area contributed by atoms with Gasteiger partial charge in [0.1, 0.15) is 6.17 Å². The van der Waals surface area contributed by atoms with E-state index >= 15 is 0 Å². The van der Waals surface area contributed by atoms with Crippen molar-refractivity contribution in [3.8, 4) is 11.5 Å². The van der Waals surface area contributed by atoms with Crippen molar-refractivity contribution in [1.82, 2.24) is 15.9 Å². The van der Waals surface area contributed by atoms with Crippen LogP contribution in [0.1, 0.15) is 11.7 Å². The topological polar surface area (TPSA) is 71.8 Å². The lowest BCUT2D eigenvalue weighted by Crippen LogP contribution is -2.36. The van der Waals surface area contributed by atoms with Gasteiger partial charge < -0.3 is 9.47 Å². The van der Waals surface area contributed by atoms with Gasteiger partial charge in [-0.25, -0.2) is 11.3 Å². The van der Waals surface area contributed by atoms with Gasteiger partial charge in [-0.1, -0.05) is 6.07 Å². The lowest BCUT2D eigenvalue weighted by molar-refractivity contribution is 0.320. The molecule has 7 heteroatoms. The molecule has 0 amide bonds. The van der Waals surface area contributed by atoms with Crippen LogP contribution in [0, 0.1) is 0 Å². The summed E-state index contributed by atoms with van der Waals surface area (Å²) in [6.45, 7) is 0. The highest BCUT2D eigenvalue weighted by molar-refractivity contribution is 7.80. The number of nitrogens with zero attached hydrogens (tertiary/aromatic N) is 1. The summed E-state index contributed by atoms with van der Waals surface area (Å²) >= 11 is 5.00. The van der Waals surface area contributed by atoms with Crippen molar-refractivity contribution in [1.29, 1.82) is 0 Å². The molecule has 92 valence electrons. The summed E-state index contributed by atoms with van der Waals surface area (Å²) in [5.41, 5.74) is 6.70. The quantitative estimate of drug-likeness (QED) is 0.528. The molecule has 1 aromatic rings. The first kappa shape index (κ1) is 11.9. The van der Waals surface area contributed by atoms with Gasteiger partial charge in [0.2, 0.25) is 0 Å². The minimum absolute atomic E-state index is 0.220. The van der Waals surface area contributed by atoms with Crippen LogP contribution in [0.4, 0.5) is 0 Å². The van der Waals surface area contributed by atoms with Gasteiger partial charge in [-0.05, 0) is 29.9 Å². The summed E-state index contributed by atoms with van der Waals surface area (Å²) in [5.74, 6) is 7.14. The molecule has 1 fully saturated rings. The van der Waals surface area contributed by atoms with Gasteiger partial charge in [-0.2, -0.15) is 0 Å². The molecule has 1 heterocycles. The predicted octanol–water partition coefficient (Wildman–Crippen LogP) is 0.271. The Labute approximate surface area is 105 Å². The molecular formula is C10H14N4O2S. The van der Waals surface area contributed by atoms with Crippen molar-refractivity contribution in [2.75, 3.05) is 14.2 Å². The highest BCUT2D eigenvalue weighted by Gasteiger charge is 2.27. The number of benzene rings is 1. The van der Waals surface area contributed by atoms with Crippen LogP contribution in [-0.2, 0) is 0 Å². The zero-order valence-corrected chi connectivity index (χ0v) is 10.4. The third-order valence-corrected chi connectivity index (χ3v) is 2.86. The number of hydrazine groups is 2. The third kappa shape index (κ3) is 2.12. The van der Waals surface area contributed by atoms with Crippen LogP contribution in [0.2, 0.25) is 0 Å². The molecule has 4 N–H and O–H groups in total. The Hall–Kier alpha value is -1.57. The highest BCUT2D eigenvalue weighted by atomic mass is 32.1. The van der Waals surface area contributed by atoms with Gasteiger partial charge in [0.15, 0.2) is 16.6 Å². The average Bonchev–Trinajstić information content (AvgIpc) is 2.69. The smallest absolute Gasteiger partial charge is 0.199 e. The molecule has 0 bridgehead atoms. The van der Waals surface area contributed by atoms with Crippen molar-refractivity contribution in [2.45, 2.75) is 6.17 Å². The van der Waals surface area contributed by atoms with Gasteiger partial charge in [-0.3, -0.25) is 10.4 Å². The van der Waals surface area contributed by atoms with E-state index in [0.29, 0.717) is 16.6 Å². The van der Waals surface area contributed by atoms with Gasteiger partial charge in [0.05, 0.1) is 14.2 Å². The molecule has 1 aliphatic heterocycles. The Morgan fingerprint density at radius 3 is 2.53 bits per heavy atom. The fraction of sp³-hybridized carbons (Fsp3) is 0.300. The Morgan fingerprint density at radius 2 is 2.00 bits per heavy atom. The van der Waals surface area contributed by atoms with Crippen LogP contribution in [0.3, 0.4) is 0 Å². The second kappa shape index (κ2) is 4.74. The van der Waals surface area contributed by atoms with E-state index in [0.717, 1.165) is 5.56 Å². The van der Waals surface area contributed by atoms with Gasteiger partial charge in [0, 0.05) is 0 Å². The Bertz CT molecular complexity index is 440. The molecule has 1 saturated heterocycles. The summed E-state index contributed by atoms with van der Waals surface area (Å²) in [4.78, 5) is 0. The first-order valence-corrected chi connectivity index (χ1v) is 5.39. The Morgan fingerprint density at radius 1 is 1.29 bits per heavy atom. The fourth-order valence-electron chi connectivity index (χ4n) is 1.65. The van der Waals surface area contributed by atoms with E-state index in [1.165, 1.54) is 5.01 Å². The number of thiocarbonyl (C=S) groups is 1. The molecule has 6 nitrogen and oxygen atoms in total. The molecule has 0 aliphatic carbocycles. The number of nitrogens with two attached hydrogens (primary N) is 1. The maximum absolute atomic E-state index is 5.81. The average molecular weight is 254 g/mol. The van der Waals surface area contributed by atoms with Gasteiger partial charge in [0.25, 0.3) is 0 Å². The van der Waals surface area contributed by atoms with E-state index in [2.05, 4.69) is 10.9 Å². The first-order valence-electron chi connectivity index (χ1n) is 4.98. The third-order valence-electron chi connectivity index (χ3n) is 2.55. The largest absolute Gasteiger partial charge is 0.493 e. The maximum Gasteiger partial charge on any atom is 0.199 e. The van der Waals surface area contributed by atoms with Crippen LogP contribution in [0.15, 0.2) is 18.2 Å². The Balaban J connectivity index is 2.31. The highest BCUT2D eigenvalue weighted by Crippen LogP contribution is 2.30. The number of rotatable bonds is 3. The summed E-state index contributed by atoms with van der Waals surface area (Å²) < 4.78 is 10.4. The van der Waals surface area contributed by atoms with Crippen molar-refractivity contribution in [3.05, 3.63) is 23.8 Å². The molecule has 0 aromatic heterocycles. The molecule has 0 spiro atoms. The summed E-state index contributed by atoms with van der Waals surface area (Å²) in [7, 11) is 3.18. The van der Waals surface area contributed by atoms with E-state index in [4.69, 9.17) is 27.5 Å². The van der Waals surface area contributed by atoms with Crippen LogP contribution in [0.25, 0.3) is 0 Å². The lowest BCUT2D eigenvalue weighted by Gasteiger charge is -2.19. The SMILES string of the molecule is COc1ccc(C2NNC(=S)N2N)cc1OC. The van der Waals surface area contributed by atoms with Gasteiger partial charge in [-0.15, -0.1) is 0 Å². The molecule has 2 rings (SSSR count). The molecule has 17 heavy (non-hydrogen) atoms. The number of nitrogens with one attached hydrogen (secondary N) is 2. The molecular weight excluding hydrogens is 240 g/mol. The normalized spacial score (nSPS) is 19.1. The maximum atomic E-state index is 5.81. The number of methoxy groups -OCH3 is 2. The second-order valence-corrected chi connectivity index (χ2v) is 3.89. The molecule has 1 aliphatic rings.